The number of hydrogen-bond donors (Lipinski definition) is 0. The zero-order valence-corrected chi connectivity index (χ0v) is 14.3. The van der Waals surface area contributed by atoms with Crippen LogP contribution in [0.3, 0.4) is 0 Å². The Hall–Kier alpha value is -2.32. The molecule has 0 radical (unpaired) electrons. The summed E-state index contributed by atoms with van der Waals surface area (Å²) < 4.78 is 20.3. The maximum Gasteiger partial charge on any atom is 0.258 e. The Morgan fingerprint density at radius 2 is 1.88 bits per heavy atom. The fourth-order valence-corrected chi connectivity index (χ4v) is 4.42. The maximum atomic E-state index is 13.2. The van der Waals surface area contributed by atoms with Crippen molar-refractivity contribution in [3.63, 3.8) is 0 Å². The molecule has 5 rings (SSSR count). The molecule has 3 aliphatic heterocycles. The Bertz CT molecular complexity index is 904. The number of imide groups is 1. The van der Waals surface area contributed by atoms with Crippen molar-refractivity contribution < 1.29 is 18.7 Å². The SMILES string of the molecule is O=C1[C@H]2[C@H](C(=O)N1c1ncn(Cc3ccc(F)cc3Cl)n1)[C@H]1CC[C@H]2O1. The van der Waals surface area contributed by atoms with Crippen molar-refractivity contribution in [1.82, 2.24) is 14.8 Å². The number of aromatic nitrogens is 3. The number of ether oxygens (including phenoxy) is 1. The first-order chi connectivity index (χ1) is 12.5. The smallest absolute Gasteiger partial charge is 0.258 e. The van der Waals surface area contributed by atoms with Gasteiger partial charge in [0.05, 0.1) is 30.6 Å². The van der Waals surface area contributed by atoms with Gasteiger partial charge in [0.25, 0.3) is 5.95 Å². The highest BCUT2D eigenvalue weighted by Crippen LogP contribution is 2.48. The molecule has 2 bridgehead atoms. The predicted molar refractivity (Wildman–Crippen MR) is 87.9 cm³/mol. The van der Waals surface area contributed by atoms with Crippen molar-refractivity contribution in [2.24, 2.45) is 11.8 Å². The molecule has 0 aliphatic carbocycles. The Balaban J connectivity index is 1.40. The van der Waals surface area contributed by atoms with E-state index in [1.54, 1.807) is 6.07 Å². The molecule has 0 saturated carbocycles. The molecule has 4 heterocycles. The van der Waals surface area contributed by atoms with Crippen LogP contribution in [0.4, 0.5) is 10.3 Å². The molecule has 2 amide bonds. The summed E-state index contributed by atoms with van der Waals surface area (Å²) in [5.74, 6) is -1.77. The van der Waals surface area contributed by atoms with E-state index in [9.17, 15) is 14.0 Å². The molecular formula is C17H14ClFN4O3. The number of amides is 2. The first-order valence-corrected chi connectivity index (χ1v) is 8.77. The van der Waals surface area contributed by atoms with Crippen molar-refractivity contribution in [3.05, 3.63) is 40.9 Å². The normalized spacial score (nSPS) is 29.7. The van der Waals surface area contributed by atoms with E-state index in [4.69, 9.17) is 16.3 Å². The van der Waals surface area contributed by atoms with Crippen LogP contribution in [0, 0.1) is 17.7 Å². The third-order valence-electron chi connectivity index (χ3n) is 5.36. The number of fused-ring (bicyclic) bond motifs is 5. The zero-order valence-electron chi connectivity index (χ0n) is 13.5. The van der Waals surface area contributed by atoms with Crippen LogP contribution in [0.25, 0.3) is 0 Å². The summed E-state index contributed by atoms with van der Waals surface area (Å²) in [4.78, 5) is 30.6. The Morgan fingerprint density at radius 3 is 2.54 bits per heavy atom. The van der Waals surface area contributed by atoms with Crippen LogP contribution in [0.15, 0.2) is 24.5 Å². The Labute approximate surface area is 152 Å². The topological polar surface area (TPSA) is 77.3 Å². The van der Waals surface area contributed by atoms with Crippen LogP contribution in [0.5, 0.6) is 0 Å². The summed E-state index contributed by atoms with van der Waals surface area (Å²) in [5.41, 5.74) is 0.659. The summed E-state index contributed by atoms with van der Waals surface area (Å²) in [7, 11) is 0. The van der Waals surface area contributed by atoms with Gasteiger partial charge in [-0.25, -0.2) is 14.0 Å². The van der Waals surface area contributed by atoms with Crippen LogP contribution in [-0.2, 0) is 20.9 Å². The molecule has 4 atom stereocenters. The molecule has 3 fully saturated rings. The summed E-state index contributed by atoms with van der Waals surface area (Å²) in [6, 6.07) is 4.09. The summed E-state index contributed by atoms with van der Waals surface area (Å²) in [6.07, 6.45) is 2.69. The van der Waals surface area contributed by atoms with Gasteiger partial charge in [-0.15, -0.1) is 5.10 Å². The van der Waals surface area contributed by atoms with Crippen LogP contribution < -0.4 is 4.90 Å². The number of rotatable bonds is 3. The molecule has 7 nitrogen and oxygen atoms in total. The molecule has 3 saturated heterocycles. The molecule has 0 spiro atoms. The van der Waals surface area contributed by atoms with Gasteiger partial charge >= 0.3 is 0 Å². The number of nitrogens with zero attached hydrogens (tertiary/aromatic N) is 4. The van der Waals surface area contributed by atoms with Crippen LogP contribution in [0.2, 0.25) is 5.02 Å². The molecule has 2 aromatic rings. The molecule has 1 aromatic carbocycles. The van der Waals surface area contributed by atoms with E-state index in [1.807, 2.05) is 0 Å². The second-order valence-corrected chi connectivity index (χ2v) is 7.24. The van der Waals surface area contributed by atoms with E-state index in [1.165, 1.54) is 23.1 Å². The lowest BCUT2D eigenvalue weighted by Crippen LogP contribution is -2.35. The van der Waals surface area contributed by atoms with Gasteiger partial charge in [0.15, 0.2) is 0 Å². The van der Waals surface area contributed by atoms with Gasteiger partial charge in [-0.1, -0.05) is 17.7 Å². The van der Waals surface area contributed by atoms with Crippen molar-refractivity contribution >= 4 is 29.4 Å². The first kappa shape index (κ1) is 15.9. The first-order valence-electron chi connectivity index (χ1n) is 8.39. The fourth-order valence-electron chi connectivity index (χ4n) is 4.20. The lowest BCUT2D eigenvalue weighted by molar-refractivity contribution is -0.124. The molecular weight excluding hydrogens is 363 g/mol. The van der Waals surface area contributed by atoms with Gasteiger partial charge in [0.1, 0.15) is 12.1 Å². The van der Waals surface area contributed by atoms with E-state index >= 15 is 0 Å². The maximum absolute atomic E-state index is 13.2. The van der Waals surface area contributed by atoms with Crippen molar-refractivity contribution in [2.45, 2.75) is 31.6 Å². The third kappa shape index (κ3) is 2.22. The largest absolute Gasteiger partial charge is 0.373 e. The Kier molecular flexibility index (Phi) is 3.42. The zero-order chi connectivity index (χ0) is 18.0. The number of hydrogen-bond acceptors (Lipinski definition) is 5. The van der Waals surface area contributed by atoms with Crippen LogP contribution >= 0.6 is 11.6 Å². The van der Waals surface area contributed by atoms with Crippen molar-refractivity contribution in [3.8, 4) is 0 Å². The highest BCUT2D eigenvalue weighted by molar-refractivity contribution is 6.31. The fraction of sp³-hybridized carbons (Fsp3) is 0.412. The van der Waals surface area contributed by atoms with E-state index in [2.05, 4.69) is 10.1 Å². The van der Waals surface area contributed by atoms with E-state index in [0.717, 1.165) is 17.7 Å². The van der Waals surface area contributed by atoms with Gasteiger partial charge in [-0.2, -0.15) is 4.98 Å². The van der Waals surface area contributed by atoms with Crippen molar-refractivity contribution in [2.75, 3.05) is 4.90 Å². The summed E-state index contributed by atoms with van der Waals surface area (Å²) in [5, 5.41) is 4.52. The Morgan fingerprint density at radius 1 is 1.19 bits per heavy atom. The lowest BCUT2D eigenvalue weighted by atomic mass is 9.81. The van der Waals surface area contributed by atoms with Crippen molar-refractivity contribution in [1.29, 1.82) is 0 Å². The van der Waals surface area contributed by atoms with E-state index in [0.29, 0.717) is 5.56 Å². The third-order valence-corrected chi connectivity index (χ3v) is 5.71. The number of anilines is 1. The van der Waals surface area contributed by atoms with Gasteiger partial charge in [0.2, 0.25) is 11.8 Å². The minimum Gasteiger partial charge on any atom is -0.373 e. The molecule has 134 valence electrons. The summed E-state index contributed by atoms with van der Waals surface area (Å²) >= 11 is 6.03. The highest BCUT2D eigenvalue weighted by Gasteiger charge is 2.63. The minimum absolute atomic E-state index is 0.0621. The number of carbonyl (C=O) groups is 2. The minimum atomic E-state index is -0.422. The molecule has 0 unspecified atom stereocenters. The standard InChI is InChI=1S/C17H14ClFN4O3/c18-10-5-9(19)2-1-8(10)6-22-7-20-17(21-22)23-15(24)13-11-3-4-12(26-11)14(13)16(23)25/h1-2,5,7,11-14H,3-4,6H2/t11-,12-,13-,14-/m1/s1. The highest BCUT2D eigenvalue weighted by atomic mass is 35.5. The molecule has 0 N–H and O–H groups in total. The molecule has 3 aliphatic rings. The average molecular weight is 377 g/mol. The van der Waals surface area contributed by atoms with Gasteiger partial charge in [-0.3, -0.25) is 9.59 Å². The lowest BCUT2D eigenvalue weighted by Gasteiger charge is -2.14. The molecule has 9 heteroatoms. The van der Waals surface area contributed by atoms with Crippen LogP contribution in [-0.4, -0.2) is 38.8 Å². The van der Waals surface area contributed by atoms with Crippen LogP contribution in [0.1, 0.15) is 18.4 Å². The molecule has 1 aromatic heterocycles. The number of carbonyl (C=O) groups excluding carboxylic acids is 2. The quantitative estimate of drug-likeness (QED) is 0.763. The van der Waals surface area contributed by atoms with Gasteiger partial charge in [-0.05, 0) is 30.5 Å². The molecule has 26 heavy (non-hydrogen) atoms. The van der Waals surface area contributed by atoms with E-state index in [-0.39, 0.29) is 41.5 Å². The van der Waals surface area contributed by atoms with E-state index < -0.39 is 17.7 Å². The second-order valence-electron chi connectivity index (χ2n) is 6.83. The second kappa shape index (κ2) is 5.59. The van der Waals surface area contributed by atoms with Gasteiger partial charge < -0.3 is 4.74 Å². The number of benzene rings is 1. The number of halogens is 2. The average Bonchev–Trinajstić information content (AvgIpc) is 3.35. The predicted octanol–water partition coefficient (Wildman–Crippen LogP) is 1.79. The van der Waals surface area contributed by atoms with Gasteiger partial charge in [0, 0.05) is 5.02 Å². The monoisotopic (exact) mass is 376 g/mol. The summed E-state index contributed by atoms with van der Waals surface area (Å²) in [6.45, 7) is 0.254.